The van der Waals surface area contributed by atoms with E-state index in [1.54, 1.807) is 31.2 Å². The molecule has 23 heavy (non-hydrogen) atoms. The summed E-state index contributed by atoms with van der Waals surface area (Å²) in [5.74, 6) is -0.446. The van der Waals surface area contributed by atoms with Crippen LogP contribution in [0.25, 0.3) is 0 Å². The van der Waals surface area contributed by atoms with Crippen molar-refractivity contribution in [3.63, 3.8) is 0 Å². The van der Waals surface area contributed by atoms with Gasteiger partial charge in [0.2, 0.25) is 5.91 Å². The van der Waals surface area contributed by atoms with Crippen LogP contribution < -0.4 is 4.74 Å². The van der Waals surface area contributed by atoms with Gasteiger partial charge < -0.3 is 19.5 Å². The van der Waals surface area contributed by atoms with Gasteiger partial charge in [-0.1, -0.05) is 12.1 Å². The molecule has 0 aliphatic heterocycles. The van der Waals surface area contributed by atoms with Gasteiger partial charge in [-0.3, -0.25) is 4.79 Å². The molecule has 0 saturated heterocycles. The van der Waals surface area contributed by atoms with E-state index >= 15 is 0 Å². The summed E-state index contributed by atoms with van der Waals surface area (Å²) in [6, 6.07) is 7.07. The van der Waals surface area contributed by atoms with Gasteiger partial charge in [0, 0.05) is 20.7 Å². The number of amides is 1. The topological polar surface area (TPSA) is 76.1 Å². The van der Waals surface area contributed by atoms with Crippen molar-refractivity contribution in [2.45, 2.75) is 37.8 Å². The largest absolute Gasteiger partial charge is 0.482 e. The van der Waals surface area contributed by atoms with Crippen LogP contribution in [0.4, 0.5) is 0 Å². The molecule has 0 unspecified atom stereocenters. The van der Waals surface area contributed by atoms with E-state index in [2.05, 4.69) is 0 Å². The van der Waals surface area contributed by atoms with Crippen molar-refractivity contribution in [2.24, 2.45) is 0 Å². The number of hydrogen-bond donors (Lipinski definition) is 1. The average molecular weight is 321 g/mol. The number of rotatable bonds is 8. The Labute approximate surface area is 136 Å². The molecule has 0 bridgehead atoms. The maximum absolute atomic E-state index is 12.3. The van der Waals surface area contributed by atoms with Gasteiger partial charge >= 0.3 is 5.97 Å². The molecule has 6 nitrogen and oxygen atoms in total. The molecule has 6 heteroatoms. The van der Waals surface area contributed by atoms with E-state index < -0.39 is 5.97 Å². The Balaban J connectivity index is 1.85. The predicted octanol–water partition coefficient (Wildman–Crippen LogP) is 2.07. The molecule has 0 spiro atoms. The average Bonchev–Trinajstić information content (AvgIpc) is 2.50. The number of nitrogens with zero attached hydrogens (tertiary/aromatic N) is 1. The lowest BCUT2D eigenvalue weighted by Gasteiger charge is -2.40. The molecule has 0 radical (unpaired) electrons. The molecule has 1 aromatic rings. The van der Waals surface area contributed by atoms with E-state index in [1.807, 2.05) is 12.1 Å². The fourth-order valence-corrected chi connectivity index (χ4v) is 2.63. The molecule has 1 aromatic carbocycles. The minimum atomic E-state index is -1.01. The first-order valence-electron chi connectivity index (χ1n) is 7.67. The third-order valence-electron chi connectivity index (χ3n) is 4.30. The maximum Gasteiger partial charge on any atom is 0.341 e. The zero-order chi connectivity index (χ0) is 16.9. The van der Waals surface area contributed by atoms with Crippen molar-refractivity contribution in [1.29, 1.82) is 0 Å². The Hall–Kier alpha value is -2.08. The zero-order valence-corrected chi connectivity index (χ0v) is 13.6. The first kappa shape index (κ1) is 17.3. The van der Waals surface area contributed by atoms with Crippen molar-refractivity contribution in [2.75, 3.05) is 20.8 Å². The van der Waals surface area contributed by atoms with E-state index in [0.29, 0.717) is 18.7 Å². The summed E-state index contributed by atoms with van der Waals surface area (Å²) in [6.45, 7) is 0.134. The number of hydrogen-bond acceptors (Lipinski definition) is 4. The van der Waals surface area contributed by atoms with Crippen molar-refractivity contribution in [3.8, 4) is 5.75 Å². The monoisotopic (exact) mass is 321 g/mol. The lowest BCUT2D eigenvalue weighted by molar-refractivity contribution is -0.143. The highest BCUT2D eigenvalue weighted by molar-refractivity contribution is 5.77. The maximum atomic E-state index is 12.3. The number of carbonyl (C=O) groups excluding carboxylic acids is 1. The molecular weight excluding hydrogens is 298 g/mol. The molecular formula is C17H23NO5. The van der Waals surface area contributed by atoms with E-state index in [1.165, 1.54) is 0 Å². The number of carboxylic acids is 1. The van der Waals surface area contributed by atoms with Gasteiger partial charge in [-0.05, 0) is 37.0 Å². The van der Waals surface area contributed by atoms with Gasteiger partial charge in [0.1, 0.15) is 5.75 Å². The Kier molecular flexibility index (Phi) is 5.60. The fraction of sp³-hybridized carbons (Fsp3) is 0.529. The predicted molar refractivity (Wildman–Crippen MR) is 84.3 cm³/mol. The van der Waals surface area contributed by atoms with Crippen LogP contribution in [-0.2, 0) is 20.9 Å². The molecule has 2 rings (SSSR count). The second kappa shape index (κ2) is 7.46. The standard InChI is InChI=1S/C17H23NO5/c1-18(15(19)10-17(22-2)8-3-9-17)11-13-4-6-14(7-5-13)23-12-16(20)21/h4-7H,3,8-12H2,1-2H3,(H,20,21). The number of methoxy groups -OCH3 is 1. The Morgan fingerprint density at radius 1 is 1.26 bits per heavy atom. The fourth-order valence-electron chi connectivity index (χ4n) is 2.63. The number of benzene rings is 1. The number of ether oxygens (including phenoxy) is 2. The number of carboxylic acid groups (broad SMARTS) is 1. The Bertz CT molecular complexity index is 545. The molecule has 0 atom stereocenters. The summed E-state index contributed by atoms with van der Waals surface area (Å²) in [5.41, 5.74) is 0.698. The SMILES string of the molecule is COC1(CC(=O)N(C)Cc2ccc(OCC(=O)O)cc2)CCC1. The van der Waals surface area contributed by atoms with Crippen molar-refractivity contribution in [3.05, 3.63) is 29.8 Å². The molecule has 1 aliphatic carbocycles. The van der Waals surface area contributed by atoms with Crippen LogP contribution in [0.1, 0.15) is 31.2 Å². The quantitative estimate of drug-likeness (QED) is 0.793. The van der Waals surface area contributed by atoms with Crippen LogP contribution in [-0.4, -0.2) is 48.2 Å². The van der Waals surface area contributed by atoms with Crippen LogP contribution in [0.15, 0.2) is 24.3 Å². The van der Waals surface area contributed by atoms with Crippen LogP contribution in [0.2, 0.25) is 0 Å². The van der Waals surface area contributed by atoms with Crippen molar-refractivity contribution >= 4 is 11.9 Å². The highest BCUT2D eigenvalue weighted by Crippen LogP contribution is 2.38. The third-order valence-corrected chi connectivity index (χ3v) is 4.30. The summed E-state index contributed by atoms with van der Waals surface area (Å²) in [6.07, 6.45) is 3.42. The first-order chi connectivity index (χ1) is 10.9. The van der Waals surface area contributed by atoms with E-state index in [4.69, 9.17) is 14.6 Å². The van der Waals surface area contributed by atoms with Gasteiger partial charge in [0.05, 0.1) is 12.0 Å². The molecule has 126 valence electrons. The summed E-state index contributed by atoms with van der Waals surface area (Å²) in [4.78, 5) is 24.5. The minimum Gasteiger partial charge on any atom is -0.482 e. The minimum absolute atomic E-state index is 0.0674. The highest BCUT2D eigenvalue weighted by Gasteiger charge is 2.39. The Morgan fingerprint density at radius 2 is 1.91 bits per heavy atom. The van der Waals surface area contributed by atoms with Gasteiger partial charge in [-0.2, -0.15) is 0 Å². The van der Waals surface area contributed by atoms with Crippen molar-refractivity contribution in [1.82, 2.24) is 4.90 Å². The molecule has 0 heterocycles. The third kappa shape index (κ3) is 4.69. The molecule has 0 aromatic heterocycles. The summed E-state index contributed by atoms with van der Waals surface area (Å²) >= 11 is 0. The lowest BCUT2D eigenvalue weighted by Crippen LogP contribution is -2.44. The summed E-state index contributed by atoms with van der Waals surface area (Å²) in [7, 11) is 3.45. The molecule has 1 saturated carbocycles. The molecule has 1 fully saturated rings. The lowest BCUT2D eigenvalue weighted by atomic mass is 9.77. The Morgan fingerprint density at radius 3 is 2.39 bits per heavy atom. The van der Waals surface area contributed by atoms with E-state index in [9.17, 15) is 9.59 Å². The van der Waals surface area contributed by atoms with Gasteiger partial charge in [0.25, 0.3) is 0 Å². The van der Waals surface area contributed by atoms with Crippen LogP contribution >= 0.6 is 0 Å². The summed E-state index contributed by atoms with van der Waals surface area (Å²) < 4.78 is 10.6. The molecule has 1 N–H and O–H groups in total. The van der Waals surface area contributed by atoms with E-state index in [0.717, 1.165) is 24.8 Å². The highest BCUT2D eigenvalue weighted by atomic mass is 16.5. The number of aliphatic carboxylic acids is 1. The van der Waals surface area contributed by atoms with Gasteiger partial charge in [0.15, 0.2) is 6.61 Å². The second-order valence-electron chi connectivity index (χ2n) is 5.99. The van der Waals surface area contributed by atoms with Crippen LogP contribution in [0.5, 0.6) is 5.75 Å². The van der Waals surface area contributed by atoms with Gasteiger partial charge in [-0.25, -0.2) is 4.79 Å². The second-order valence-corrected chi connectivity index (χ2v) is 5.99. The first-order valence-corrected chi connectivity index (χ1v) is 7.67. The van der Waals surface area contributed by atoms with Crippen LogP contribution in [0, 0.1) is 0 Å². The van der Waals surface area contributed by atoms with Crippen LogP contribution in [0.3, 0.4) is 0 Å². The van der Waals surface area contributed by atoms with E-state index in [-0.39, 0.29) is 18.1 Å². The molecule has 1 amide bonds. The summed E-state index contributed by atoms with van der Waals surface area (Å²) in [5, 5.41) is 8.57. The zero-order valence-electron chi connectivity index (χ0n) is 13.6. The number of carbonyl (C=O) groups is 2. The molecule has 1 aliphatic rings. The van der Waals surface area contributed by atoms with Crippen molar-refractivity contribution < 1.29 is 24.2 Å². The van der Waals surface area contributed by atoms with Gasteiger partial charge in [-0.15, -0.1) is 0 Å². The normalized spacial score (nSPS) is 15.6. The smallest absolute Gasteiger partial charge is 0.341 e.